The molecule has 4 aromatic rings. The smallest absolute Gasteiger partial charge is 0.139 e. The molecule has 0 radical (unpaired) electrons. The Morgan fingerprint density at radius 1 is 0.722 bits per heavy atom. The molecule has 5 heteroatoms. The predicted octanol–water partition coefficient (Wildman–Crippen LogP) is 2.06. The highest BCUT2D eigenvalue weighted by Gasteiger charge is 1.86. The lowest BCUT2D eigenvalue weighted by Crippen LogP contribution is -1.81. The van der Waals surface area contributed by atoms with Crippen molar-refractivity contribution in [2.24, 2.45) is 0 Å². The molecule has 5 nitrogen and oxygen atoms in total. The van der Waals surface area contributed by atoms with E-state index >= 15 is 0 Å². The van der Waals surface area contributed by atoms with E-state index in [1.54, 1.807) is 24.9 Å². The highest BCUT2D eigenvalue weighted by molar-refractivity contribution is 5.36. The van der Waals surface area contributed by atoms with Gasteiger partial charge in [-0.2, -0.15) is 0 Å². The number of nitrogens with zero attached hydrogens (tertiary/aromatic N) is 5. The monoisotopic (exact) mass is 237 g/mol. The van der Waals surface area contributed by atoms with E-state index in [1.165, 1.54) is 0 Å². The molecule has 0 atom stereocenters. The zero-order valence-electron chi connectivity index (χ0n) is 9.59. The molecule has 0 amide bonds. The third-order valence-corrected chi connectivity index (χ3v) is 2.50. The summed E-state index contributed by atoms with van der Waals surface area (Å²) in [4.78, 5) is 12.0. The highest BCUT2D eigenvalue weighted by Crippen LogP contribution is 1.96. The van der Waals surface area contributed by atoms with Crippen LogP contribution in [-0.4, -0.2) is 23.8 Å². The van der Waals surface area contributed by atoms with Gasteiger partial charge in [0, 0.05) is 37.2 Å². The van der Waals surface area contributed by atoms with Gasteiger partial charge in [0.15, 0.2) is 0 Å². The van der Waals surface area contributed by atoms with Gasteiger partial charge in [-0.3, -0.25) is 4.40 Å². The standard InChI is InChI=1S/C7H6N2.C6H5N3/c1-2-5-9-6-4-8-7(9)3-1;1-2-7-5-9-4-3-8-6(1)9/h1-6H;1-5H. The van der Waals surface area contributed by atoms with Gasteiger partial charge in [0.1, 0.15) is 17.6 Å². The molecular formula is C13H11N5. The average Bonchev–Trinajstić information content (AvgIpc) is 3.08. The lowest BCUT2D eigenvalue weighted by atomic mass is 10.5. The first-order valence-corrected chi connectivity index (χ1v) is 5.54. The Balaban J connectivity index is 0.000000111. The van der Waals surface area contributed by atoms with Crippen LogP contribution in [0.2, 0.25) is 0 Å². The van der Waals surface area contributed by atoms with Crippen molar-refractivity contribution in [1.82, 2.24) is 23.8 Å². The molecule has 4 heterocycles. The summed E-state index contributed by atoms with van der Waals surface area (Å²) < 4.78 is 3.83. The van der Waals surface area contributed by atoms with Crippen LogP contribution in [0.4, 0.5) is 0 Å². The molecule has 0 bridgehead atoms. The summed E-state index contributed by atoms with van der Waals surface area (Å²) in [6.45, 7) is 0. The van der Waals surface area contributed by atoms with Gasteiger partial charge in [-0.1, -0.05) is 6.07 Å². The number of aromatic nitrogens is 5. The van der Waals surface area contributed by atoms with Crippen molar-refractivity contribution in [2.75, 3.05) is 0 Å². The zero-order chi connectivity index (χ0) is 12.2. The summed E-state index contributed by atoms with van der Waals surface area (Å²) in [5.41, 5.74) is 1.93. The second-order valence-electron chi connectivity index (χ2n) is 3.67. The SMILES string of the molecule is c1cc2nccn2cn1.c1ccn2ccnc2c1. The largest absolute Gasteiger partial charge is 0.307 e. The first-order chi connectivity index (χ1) is 8.93. The van der Waals surface area contributed by atoms with Crippen LogP contribution < -0.4 is 0 Å². The molecule has 0 spiro atoms. The molecule has 0 aliphatic carbocycles. The van der Waals surface area contributed by atoms with Crippen LogP contribution in [0.3, 0.4) is 0 Å². The van der Waals surface area contributed by atoms with E-state index in [2.05, 4.69) is 15.0 Å². The van der Waals surface area contributed by atoms with E-state index in [1.807, 2.05) is 51.7 Å². The highest BCUT2D eigenvalue weighted by atomic mass is 15.0. The first kappa shape index (κ1) is 10.5. The zero-order valence-corrected chi connectivity index (χ0v) is 9.59. The maximum absolute atomic E-state index is 4.08. The fraction of sp³-hybridized carbons (Fsp3) is 0. The van der Waals surface area contributed by atoms with Crippen molar-refractivity contribution >= 4 is 11.3 Å². The number of pyridine rings is 1. The lowest BCUT2D eigenvalue weighted by Gasteiger charge is -1.86. The summed E-state index contributed by atoms with van der Waals surface area (Å²) in [7, 11) is 0. The van der Waals surface area contributed by atoms with E-state index in [4.69, 9.17) is 0 Å². The van der Waals surface area contributed by atoms with Crippen LogP contribution in [0.5, 0.6) is 0 Å². The Labute approximate surface area is 103 Å². The van der Waals surface area contributed by atoms with Crippen molar-refractivity contribution in [3.05, 3.63) is 67.8 Å². The van der Waals surface area contributed by atoms with E-state index in [0.29, 0.717) is 0 Å². The molecule has 4 aromatic heterocycles. The molecule has 0 aromatic carbocycles. The molecule has 0 saturated heterocycles. The van der Waals surface area contributed by atoms with Crippen LogP contribution in [0.15, 0.2) is 67.8 Å². The topological polar surface area (TPSA) is 47.5 Å². The van der Waals surface area contributed by atoms with Gasteiger partial charge in [0.2, 0.25) is 0 Å². The molecule has 88 valence electrons. The summed E-state index contributed by atoms with van der Waals surface area (Å²) in [5, 5.41) is 0. The second-order valence-corrected chi connectivity index (χ2v) is 3.67. The third-order valence-electron chi connectivity index (χ3n) is 2.50. The van der Waals surface area contributed by atoms with Crippen molar-refractivity contribution in [1.29, 1.82) is 0 Å². The fourth-order valence-corrected chi connectivity index (χ4v) is 1.64. The second kappa shape index (κ2) is 4.67. The Bertz CT molecular complexity index is 629. The minimum absolute atomic E-state index is 0.935. The minimum atomic E-state index is 0.935. The summed E-state index contributed by atoms with van der Waals surface area (Å²) in [5.74, 6) is 0. The number of hydrogen-bond acceptors (Lipinski definition) is 3. The van der Waals surface area contributed by atoms with E-state index in [9.17, 15) is 0 Å². The van der Waals surface area contributed by atoms with Crippen molar-refractivity contribution < 1.29 is 0 Å². The number of rotatable bonds is 0. The molecule has 4 rings (SSSR count). The Hall–Kier alpha value is -2.69. The minimum Gasteiger partial charge on any atom is -0.307 e. The third kappa shape index (κ3) is 2.06. The Morgan fingerprint density at radius 2 is 1.50 bits per heavy atom. The van der Waals surface area contributed by atoms with E-state index in [0.717, 1.165) is 11.3 Å². The van der Waals surface area contributed by atoms with Crippen LogP contribution >= 0.6 is 0 Å². The van der Waals surface area contributed by atoms with Crippen LogP contribution in [0.1, 0.15) is 0 Å². The maximum Gasteiger partial charge on any atom is 0.139 e. The summed E-state index contributed by atoms with van der Waals surface area (Å²) in [6, 6.07) is 7.79. The quantitative estimate of drug-likeness (QED) is 0.470. The molecular weight excluding hydrogens is 226 g/mol. The van der Waals surface area contributed by atoms with Crippen molar-refractivity contribution in [2.45, 2.75) is 0 Å². The number of hydrogen-bond donors (Lipinski definition) is 0. The first-order valence-electron chi connectivity index (χ1n) is 5.54. The average molecular weight is 237 g/mol. The molecule has 0 saturated carbocycles. The van der Waals surface area contributed by atoms with Gasteiger partial charge in [-0.25, -0.2) is 15.0 Å². The van der Waals surface area contributed by atoms with E-state index in [-0.39, 0.29) is 0 Å². The maximum atomic E-state index is 4.08. The fourth-order valence-electron chi connectivity index (χ4n) is 1.64. The summed E-state index contributed by atoms with van der Waals surface area (Å²) >= 11 is 0. The molecule has 0 N–H and O–H groups in total. The van der Waals surface area contributed by atoms with Crippen LogP contribution in [0, 0.1) is 0 Å². The summed E-state index contributed by atoms with van der Waals surface area (Å²) in [6.07, 6.45) is 12.7. The van der Waals surface area contributed by atoms with Gasteiger partial charge >= 0.3 is 0 Å². The van der Waals surface area contributed by atoms with Crippen LogP contribution in [0.25, 0.3) is 11.3 Å². The molecule has 0 aliphatic heterocycles. The normalized spacial score (nSPS) is 10.2. The number of fused-ring (bicyclic) bond motifs is 2. The van der Waals surface area contributed by atoms with E-state index < -0.39 is 0 Å². The van der Waals surface area contributed by atoms with Gasteiger partial charge in [-0.05, 0) is 18.2 Å². The van der Waals surface area contributed by atoms with Gasteiger partial charge in [0.05, 0.1) is 0 Å². The molecule has 0 unspecified atom stereocenters. The van der Waals surface area contributed by atoms with Crippen molar-refractivity contribution in [3.8, 4) is 0 Å². The van der Waals surface area contributed by atoms with Gasteiger partial charge < -0.3 is 4.40 Å². The lowest BCUT2D eigenvalue weighted by molar-refractivity contribution is 1.09. The predicted molar refractivity (Wildman–Crippen MR) is 68.2 cm³/mol. The molecule has 18 heavy (non-hydrogen) atoms. The number of imidazole rings is 2. The van der Waals surface area contributed by atoms with Gasteiger partial charge in [-0.15, -0.1) is 0 Å². The van der Waals surface area contributed by atoms with Crippen LogP contribution in [-0.2, 0) is 0 Å². The Morgan fingerprint density at radius 3 is 2.28 bits per heavy atom. The van der Waals surface area contributed by atoms with Gasteiger partial charge in [0.25, 0.3) is 0 Å². The molecule has 0 aliphatic rings. The van der Waals surface area contributed by atoms with Crippen molar-refractivity contribution in [3.63, 3.8) is 0 Å². The molecule has 0 fully saturated rings. The Kier molecular flexibility index (Phi) is 2.71.